The van der Waals surface area contributed by atoms with Gasteiger partial charge in [-0.05, 0) is 42.0 Å². The number of rotatable bonds is 8. The highest BCUT2D eigenvalue weighted by Gasteiger charge is 2.09. The van der Waals surface area contributed by atoms with Crippen LogP contribution in [0.4, 0.5) is 5.69 Å². The Morgan fingerprint density at radius 2 is 1.36 bits per heavy atom. The maximum Gasteiger partial charge on any atom is 0.349 e. The summed E-state index contributed by atoms with van der Waals surface area (Å²) in [4.78, 5) is 22.0. The first-order valence-electron chi connectivity index (χ1n) is 8.45. The summed E-state index contributed by atoms with van der Waals surface area (Å²) in [5.41, 5.74) is 1.01. The monoisotopic (exact) mass is 379 g/mol. The second-order valence-electron chi connectivity index (χ2n) is 5.76. The molecule has 0 radical (unpaired) electrons. The van der Waals surface area contributed by atoms with Crippen LogP contribution in [0.15, 0.2) is 78.9 Å². The molecule has 0 aliphatic heterocycles. The summed E-state index contributed by atoms with van der Waals surface area (Å²) in [6, 6.07) is 21.9. The van der Waals surface area contributed by atoms with Gasteiger partial charge in [0.1, 0.15) is 23.9 Å². The van der Waals surface area contributed by atoms with Crippen molar-refractivity contribution in [3.8, 4) is 17.2 Å². The highest BCUT2D eigenvalue weighted by Crippen LogP contribution is 2.20. The van der Waals surface area contributed by atoms with Gasteiger partial charge in [0.2, 0.25) is 0 Å². The van der Waals surface area contributed by atoms with Crippen LogP contribution in [0.25, 0.3) is 0 Å². The molecule has 28 heavy (non-hydrogen) atoms. The Kier molecular flexibility index (Phi) is 6.20. The van der Waals surface area contributed by atoms with Crippen LogP contribution in [0.1, 0.15) is 5.56 Å². The summed E-state index contributed by atoms with van der Waals surface area (Å²) >= 11 is 0. The van der Waals surface area contributed by atoms with Gasteiger partial charge in [-0.25, -0.2) is 4.79 Å². The zero-order valence-electron chi connectivity index (χ0n) is 14.8. The lowest BCUT2D eigenvalue weighted by atomic mass is 10.2. The van der Waals surface area contributed by atoms with Crippen molar-refractivity contribution in [1.29, 1.82) is 0 Å². The number of ether oxygens (including phenoxy) is 3. The van der Waals surface area contributed by atoms with Crippen LogP contribution < -0.4 is 14.2 Å². The average molecular weight is 379 g/mol. The van der Waals surface area contributed by atoms with Gasteiger partial charge in [0.25, 0.3) is 5.69 Å². The van der Waals surface area contributed by atoms with Crippen molar-refractivity contribution in [3.63, 3.8) is 0 Å². The standard InChI is InChI=1S/C21H17NO6/c23-21(15-27-18-8-6-17(7-9-18)22(24)25)28-20-12-10-19(11-13-20)26-14-16-4-2-1-3-5-16/h1-13H,14-15H2. The fourth-order valence-electron chi connectivity index (χ4n) is 2.31. The van der Waals surface area contributed by atoms with Gasteiger partial charge in [0.05, 0.1) is 4.92 Å². The molecule has 0 aliphatic carbocycles. The molecule has 0 unspecified atom stereocenters. The van der Waals surface area contributed by atoms with E-state index in [0.717, 1.165) is 5.56 Å². The number of non-ortho nitro benzene ring substituents is 1. The van der Waals surface area contributed by atoms with E-state index in [1.54, 1.807) is 24.3 Å². The second-order valence-corrected chi connectivity index (χ2v) is 5.76. The third kappa shape index (κ3) is 5.57. The van der Waals surface area contributed by atoms with Crippen LogP contribution in [0, 0.1) is 10.1 Å². The molecule has 3 aromatic rings. The summed E-state index contributed by atoms with van der Waals surface area (Å²) in [5.74, 6) is 0.777. The van der Waals surface area contributed by atoms with Crippen molar-refractivity contribution in [2.45, 2.75) is 6.61 Å². The van der Waals surface area contributed by atoms with E-state index in [0.29, 0.717) is 23.9 Å². The molecular weight excluding hydrogens is 362 g/mol. The van der Waals surface area contributed by atoms with E-state index in [2.05, 4.69) is 0 Å². The molecule has 0 aromatic heterocycles. The Bertz CT molecular complexity index is 923. The van der Waals surface area contributed by atoms with Crippen LogP contribution in [-0.2, 0) is 11.4 Å². The van der Waals surface area contributed by atoms with Crippen molar-refractivity contribution < 1.29 is 23.9 Å². The van der Waals surface area contributed by atoms with Gasteiger partial charge < -0.3 is 14.2 Å². The average Bonchev–Trinajstić information content (AvgIpc) is 2.73. The molecule has 0 atom stereocenters. The maximum atomic E-state index is 11.9. The topological polar surface area (TPSA) is 87.9 Å². The molecule has 0 heterocycles. The minimum absolute atomic E-state index is 0.0514. The molecule has 0 N–H and O–H groups in total. The lowest BCUT2D eigenvalue weighted by Gasteiger charge is -2.09. The molecule has 0 bridgehead atoms. The van der Waals surface area contributed by atoms with Gasteiger partial charge in [0.15, 0.2) is 6.61 Å². The summed E-state index contributed by atoms with van der Waals surface area (Å²) in [7, 11) is 0. The summed E-state index contributed by atoms with van der Waals surface area (Å²) in [5, 5.41) is 10.6. The van der Waals surface area contributed by atoms with Gasteiger partial charge in [0, 0.05) is 12.1 Å². The Hall–Kier alpha value is -3.87. The zero-order chi connectivity index (χ0) is 19.8. The molecule has 0 spiro atoms. The van der Waals surface area contributed by atoms with Crippen LogP contribution in [0.2, 0.25) is 0 Å². The number of esters is 1. The number of nitro groups is 1. The SMILES string of the molecule is O=C(COc1ccc([N+](=O)[O-])cc1)Oc1ccc(OCc2ccccc2)cc1. The van der Waals surface area contributed by atoms with E-state index in [-0.39, 0.29) is 12.3 Å². The van der Waals surface area contributed by atoms with E-state index in [1.165, 1.54) is 24.3 Å². The molecular formula is C21H17NO6. The van der Waals surface area contributed by atoms with Crippen molar-refractivity contribution in [1.82, 2.24) is 0 Å². The summed E-state index contributed by atoms with van der Waals surface area (Å²) in [6.45, 7) is 0.132. The van der Waals surface area contributed by atoms with Crippen LogP contribution in [-0.4, -0.2) is 17.5 Å². The highest BCUT2D eigenvalue weighted by molar-refractivity contribution is 5.74. The van der Waals surface area contributed by atoms with Gasteiger partial charge in [-0.15, -0.1) is 0 Å². The number of hydrogen-bond acceptors (Lipinski definition) is 6. The second kappa shape index (κ2) is 9.18. The molecule has 0 aliphatic rings. The van der Waals surface area contributed by atoms with E-state index < -0.39 is 10.9 Å². The largest absolute Gasteiger partial charge is 0.489 e. The van der Waals surface area contributed by atoms with Crippen molar-refractivity contribution in [3.05, 3.63) is 94.5 Å². The highest BCUT2D eigenvalue weighted by atomic mass is 16.6. The van der Waals surface area contributed by atoms with Crippen LogP contribution in [0.5, 0.6) is 17.2 Å². The minimum atomic E-state index is -0.587. The lowest BCUT2D eigenvalue weighted by molar-refractivity contribution is -0.384. The molecule has 7 heteroatoms. The smallest absolute Gasteiger partial charge is 0.349 e. The van der Waals surface area contributed by atoms with E-state index in [1.807, 2.05) is 30.3 Å². The summed E-state index contributed by atoms with van der Waals surface area (Å²) in [6.07, 6.45) is 0. The van der Waals surface area contributed by atoms with E-state index in [4.69, 9.17) is 14.2 Å². The van der Waals surface area contributed by atoms with E-state index in [9.17, 15) is 14.9 Å². The zero-order valence-corrected chi connectivity index (χ0v) is 14.8. The van der Waals surface area contributed by atoms with Crippen molar-refractivity contribution >= 4 is 11.7 Å². The van der Waals surface area contributed by atoms with Gasteiger partial charge in [-0.2, -0.15) is 0 Å². The molecule has 3 aromatic carbocycles. The Morgan fingerprint density at radius 1 is 0.786 bits per heavy atom. The fraction of sp³-hybridized carbons (Fsp3) is 0.0952. The first-order chi connectivity index (χ1) is 13.6. The number of benzene rings is 3. The Morgan fingerprint density at radius 3 is 2.00 bits per heavy atom. The number of nitro benzene ring substituents is 1. The molecule has 0 saturated heterocycles. The Labute approximate surface area is 161 Å². The predicted octanol–water partition coefficient (Wildman–Crippen LogP) is 4.16. The molecule has 0 amide bonds. The minimum Gasteiger partial charge on any atom is -0.489 e. The molecule has 0 saturated carbocycles. The normalized spacial score (nSPS) is 10.1. The maximum absolute atomic E-state index is 11.9. The fourth-order valence-corrected chi connectivity index (χ4v) is 2.31. The van der Waals surface area contributed by atoms with Gasteiger partial charge >= 0.3 is 5.97 Å². The van der Waals surface area contributed by atoms with Crippen molar-refractivity contribution in [2.75, 3.05) is 6.61 Å². The van der Waals surface area contributed by atoms with E-state index >= 15 is 0 Å². The number of carbonyl (C=O) groups is 1. The Balaban J connectivity index is 1.45. The van der Waals surface area contributed by atoms with Crippen molar-refractivity contribution in [2.24, 2.45) is 0 Å². The predicted molar refractivity (Wildman–Crippen MR) is 101 cm³/mol. The molecule has 3 rings (SSSR count). The molecule has 0 fully saturated rings. The first-order valence-corrected chi connectivity index (χ1v) is 8.45. The van der Waals surface area contributed by atoms with Gasteiger partial charge in [-0.3, -0.25) is 10.1 Å². The summed E-state index contributed by atoms with van der Waals surface area (Å²) < 4.78 is 16.1. The third-order valence-corrected chi connectivity index (χ3v) is 3.71. The third-order valence-electron chi connectivity index (χ3n) is 3.71. The molecule has 7 nitrogen and oxygen atoms in total. The number of carbonyl (C=O) groups excluding carboxylic acids is 1. The first kappa shape index (κ1) is 18.9. The van der Waals surface area contributed by atoms with Gasteiger partial charge in [-0.1, -0.05) is 30.3 Å². The van der Waals surface area contributed by atoms with Crippen LogP contribution >= 0.6 is 0 Å². The quantitative estimate of drug-likeness (QED) is 0.253. The number of nitrogens with zero attached hydrogens (tertiary/aromatic N) is 1. The number of hydrogen-bond donors (Lipinski definition) is 0. The van der Waals surface area contributed by atoms with Crippen LogP contribution in [0.3, 0.4) is 0 Å². The molecule has 142 valence electrons. The lowest BCUT2D eigenvalue weighted by Crippen LogP contribution is -2.17.